The molecule has 1 heterocycles. The van der Waals surface area contributed by atoms with E-state index in [0.29, 0.717) is 11.8 Å². The summed E-state index contributed by atoms with van der Waals surface area (Å²) in [6.45, 7) is 6.82. The van der Waals surface area contributed by atoms with Gasteiger partial charge < -0.3 is 0 Å². The summed E-state index contributed by atoms with van der Waals surface area (Å²) in [5.41, 5.74) is 12.2. The lowest BCUT2D eigenvalue weighted by Gasteiger charge is -2.17. The molecule has 0 unspecified atom stereocenters. The normalized spacial score (nSPS) is 14.9. The van der Waals surface area contributed by atoms with Gasteiger partial charge in [0.15, 0.2) is 0 Å². The van der Waals surface area contributed by atoms with Crippen LogP contribution in [0.5, 0.6) is 0 Å². The highest BCUT2D eigenvalue weighted by Crippen LogP contribution is 2.46. The van der Waals surface area contributed by atoms with E-state index in [1.54, 1.807) is 0 Å². The maximum atomic E-state index is 5.32. The van der Waals surface area contributed by atoms with E-state index in [0.717, 1.165) is 6.42 Å². The molecule has 0 N–H and O–H groups in total. The molecule has 0 spiro atoms. The standard InChI is InChI=1S/C29H27N/c1-17(2)21-9-6-10-23-26(21)16-28(19-11-12-19)30-29(23)27-14-18(3)13-24-22-8-5-4-7-20(22)15-25(24)27/h4-10,13-14,16-17,19H,11-12,15H2,1-3H3. The van der Waals surface area contributed by atoms with Gasteiger partial charge in [-0.15, -0.1) is 0 Å². The van der Waals surface area contributed by atoms with Crippen molar-refractivity contribution in [2.24, 2.45) is 0 Å². The first-order valence-electron chi connectivity index (χ1n) is 11.3. The van der Waals surface area contributed by atoms with Crippen LogP contribution in [-0.4, -0.2) is 4.98 Å². The Morgan fingerprint density at radius 1 is 0.833 bits per heavy atom. The van der Waals surface area contributed by atoms with Crippen LogP contribution in [-0.2, 0) is 6.42 Å². The minimum Gasteiger partial charge on any atom is -0.252 e. The van der Waals surface area contributed by atoms with E-state index < -0.39 is 0 Å². The molecule has 2 aliphatic rings. The molecule has 1 aromatic heterocycles. The van der Waals surface area contributed by atoms with Gasteiger partial charge in [-0.2, -0.15) is 0 Å². The van der Waals surface area contributed by atoms with Crippen molar-refractivity contribution in [3.05, 3.63) is 88.6 Å². The lowest BCUT2D eigenvalue weighted by Crippen LogP contribution is -1.99. The number of benzene rings is 3. The third kappa shape index (κ3) is 2.72. The number of pyridine rings is 1. The molecule has 1 nitrogen and oxygen atoms in total. The molecule has 0 amide bonds. The molecule has 0 atom stereocenters. The zero-order valence-corrected chi connectivity index (χ0v) is 18.0. The van der Waals surface area contributed by atoms with Gasteiger partial charge in [0.05, 0.1) is 5.69 Å². The van der Waals surface area contributed by atoms with Crippen molar-refractivity contribution in [2.75, 3.05) is 0 Å². The Labute approximate surface area is 178 Å². The fraction of sp³-hybridized carbons (Fsp3) is 0.276. The molecule has 0 bridgehead atoms. The molecule has 0 radical (unpaired) electrons. The molecule has 0 saturated heterocycles. The van der Waals surface area contributed by atoms with Crippen LogP contribution in [0.15, 0.2) is 60.7 Å². The number of aryl methyl sites for hydroxylation is 1. The van der Waals surface area contributed by atoms with Crippen LogP contribution in [0.1, 0.15) is 66.5 Å². The number of rotatable bonds is 3. The maximum Gasteiger partial charge on any atom is 0.0787 e. The second kappa shape index (κ2) is 6.54. The Kier molecular flexibility index (Phi) is 3.90. The van der Waals surface area contributed by atoms with Gasteiger partial charge in [0.2, 0.25) is 0 Å². The van der Waals surface area contributed by atoms with Gasteiger partial charge in [-0.3, -0.25) is 4.98 Å². The Bertz CT molecular complexity index is 1310. The maximum absolute atomic E-state index is 5.32. The van der Waals surface area contributed by atoms with E-state index in [1.807, 2.05) is 0 Å². The molecular weight excluding hydrogens is 362 g/mol. The molecule has 4 aromatic rings. The van der Waals surface area contributed by atoms with Crippen molar-refractivity contribution in [1.82, 2.24) is 4.98 Å². The van der Waals surface area contributed by atoms with E-state index in [1.165, 1.54) is 73.9 Å². The molecule has 1 heteroatoms. The molecule has 0 aliphatic heterocycles. The monoisotopic (exact) mass is 389 g/mol. The summed E-state index contributed by atoms with van der Waals surface area (Å²) in [6, 6.07) is 22.8. The number of hydrogen-bond donors (Lipinski definition) is 0. The Balaban J connectivity index is 1.67. The van der Waals surface area contributed by atoms with Gasteiger partial charge in [-0.1, -0.05) is 62.4 Å². The van der Waals surface area contributed by atoms with E-state index in [4.69, 9.17) is 4.98 Å². The van der Waals surface area contributed by atoms with Gasteiger partial charge in [-0.25, -0.2) is 0 Å². The summed E-state index contributed by atoms with van der Waals surface area (Å²) in [5.74, 6) is 1.15. The van der Waals surface area contributed by atoms with E-state index in [9.17, 15) is 0 Å². The van der Waals surface area contributed by atoms with E-state index in [2.05, 4.69) is 81.4 Å². The highest BCUT2D eigenvalue weighted by molar-refractivity contribution is 5.99. The second-order valence-electron chi connectivity index (χ2n) is 9.44. The summed E-state index contributed by atoms with van der Waals surface area (Å²) in [7, 11) is 0. The average Bonchev–Trinajstić information content (AvgIpc) is 3.53. The topological polar surface area (TPSA) is 12.9 Å². The SMILES string of the molecule is Cc1cc2c(c(-c3nc(C4CC4)cc4c(C(C)C)cccc34)c1)Cc1ccccc1-2. The minimum atomic E-state index is 0.503. The third-order valence-electron chi connectivity index (χ3n) is 6.87. The first kappa shape index (κ1) is 17.9. The molecule has 30 heavy (non-hydrogen) atoms. The zero-order chi connectivity index (χ0) is 20.4. The van der Waals surface area contributed by atoms with Gasteiger partial charge >= 0.3 is 0 Å². The van der Waals surface area contributed by atoms with Crippen LogP contribution in [0.4, 0.5) is 0 Å². The van der Waals surface area contributed by atoms with E-state index >= 15 is 0 Å². The smallest absolute Gasteiger partial charge is 0.0787 e. The largest absolute Gasteiger partial charge is 0.252 e. The van der Waals surface area contributed by atoms with E-state index in [-0.39, 0.29) is 0 Å². The summed E-state index contributed by atoms with van der Waals surface area (Å²) >= 11 is 0. The number of nitrogens with zero attached hydrogens (tertiary/aromatic N) is 1. The molecule has 1 fully saturated rings. The summed E-state index contributed by atoms with van der Waals surface area (Å²) in [6.07, 6.45) is 3.56. The van der Waals surface area contributed by atoms with Gasteiger partial charge in [0.25, 0.3) is 0 Å². The van der Waals surface area contributed by atoms with Crippen molar-refractivity contribution >= 4 is 10.8 Å². The van der Waals surface area contributed by atoms with Crippen LogP contribution in [0, 0.1) is 6.92 Å². The Morgan fingerprint density at radius 3 is 2.43 bits per heavy atom. The molecule has 1 saturated carbocycles. The highest BCUT2D eigenvalue weighted by Gasteiger charge is 2.28. The first-order valence-corrected chi connectivity index (χ1v) is 11.3. The third-order valence-corrected chi connectivity index (χ3v) is 6.87. The molecule has 2 aliphatic carbocycles. The summed E-state index contributed by atoms with van der Waals surface area (Å²) in [4.78, 5) is 5.32. The van der Waals surface area contributed by atoms with Crippen molar-refractivity contribution in [1.29, 1.82) is 0 Å². The van der Waals surface area contributed by atoms with Crippen molar-refractivity contribution < 1.29 is 0 Å². The molecule has 6 rings (SSSR count). The van der Waals surface area contributed by atoms with Crippen molar-refractivity contribution in [3.8, 4) is 22.4 Å². The van der Waals surface area contributed by atoms with Crippen molar-refractivity contribution in [2.45, 2.75) is 51.9 Å². The fourth-order valence-electron chi connectivity index (χ4n) is 5.20. The number of aromatic nitrogens is 1. The zero-order valence-electron chi connectivity index (χ0n) is 18.0. The molecule has 148 valence electrons. The minimum absolute atomic E-state index is 0.503. The fourth-order valence-corrected chi connectivity index (χ4v) is 5.20. The summed E-state index contributed by atoms with van der Waals surface area (Å²) < 4.78 is 0. The van der Waals surface area contributed by atoms with Gasteiger partial charge in [-0.05, 0) is 83.0 Å². The Hall–Kier alpha value is -2.93. The van der Waals surface area contributed by atoms with Crippen LogP contribution in [0.3, 0.4) is 0 Å². The first-order chi connectivity index (χ1) is 14.6. The van der Waals surface area contributed by atoms with Crippen LogP contribution < -0.4 is 0 Å². The van der Waals surface area contributed by atoms with Crippen LogP contribution >= 0.6 is 0 Å². The van der Waals surface area contributed by atoms with Crippen LogP contribution in [0.2, 0.25) is 0 Å². The van der Waals surface area contributed by atoms with Gasteiger partial charge in [0.1, 0.15) is 0 Å². The lowest BCUT2D eigenvalue weighted by atomic mass is 9.90. The predicted molar refractivity (Wildman–Crippen MR) is 126 cm³/mol. The predicted octanol–water partition coefficient (Wildman–Crippen LogP) is 7.78. The van der Waals surface area contributed by atoms with Crippen LogP contribution in [0.25, 0.3) is 33.2 Å². The number of fused-ring (bicyclic) bond motifs is 4. The molecular formula is C29H27N. The average molecular weight is 390 g/mol. The number of hydrogen-bond acceptors (Lipinski definition) is 1. The highest BCUT2D eigenvalue weighted by atomic mass is 14.7. The second-order valence-corrected chi connectivity index (χ2v) is 9.44. The summed E-state index contributed by atoms with van der Waals surface area (Å²) in [5, 5.41) is 2.69. The molecule has 3 aromatic carbocycles. The van der Waals surface area contributed by atoms with Crippen molar-refractivity contribution in [3.63, 3.8) is 0 Å². The lowest BCUT2D eigenvalue weighted by molar-refractivity contribution is 0.875. The Morgan fingerprint density at radius 2 is 1.63 bits per heavy atom. The van der Waals surface area contributed by atoms with Gasteiger partial charge in [0, 0.05) is 22.6 Å². The quantitative estimate of drug-likeness (QED) is 0.307.